The Bertz CT molecular complexity index is 1520. The molecule has 0 aliphatic heterocycles. The van der Waals surface area contributed by atoms with E-state index in [1.165, 1.54) is 5.69 Å². The Kier molecular flexibility index (Phi) is 17.4. The molecular formula is C38H49N6O2S2+. The Labute approximate surface area is 294 Å². The van der Waals surface area contributed by atoms with Crippen molar-refractivity contribution < 1.29 is 14.5 Å². The first-order chi connectivity index (χ1) is 23.2. The van der Waals surface area contributed by atoms with Gasteiger partial charge in [0.15, 0.2) is 25.2 Å². The molecule has 1 unspecified atom stereocenters. The van der Waals surface area contributed by atoms with Crippen molar-refractivity contribution in [1.82, 2.24) is 10.6 Å². The van der Waals surface area contributed by atoms with E-state index < -0.39 is 6.23 Å². The molecule has 8 nitrogen and oxygen atoms in total. The normalized spacial score (nSPS) is 12.6. The number of aromatic nitrogens is 1. The lowest BCUT2D eigenvalue weighted by Gasteiger charge is -2.11. The highest BCUT2D eigenvalue weighted by atomic mass is 33.1. The lowest BCUT2D eigenvalue weighted by molar-refractivity contribution is -0.704. The minimum absolute atomic E-state index is 0.0827. The van der Waals surface area contributed by atoms with Crippen LogP contribution in [-0.4, -0.2) is 82.8 Å². The quantitative estimate of drug-likeness (QED) is 0.0358. The standard InChI is InChI=1S/C38H48N6O2S2/c1-6-31(7-8-32-11-15-35(16-12-32)42(2)3)19-22-39-29-37(45)40-23-27-47-48-28-24-41-38(46)30-44-25-20-34(21-26-44)10-9-33-13-17-36(18-14-33)43(4)5/h6-22,25-26,38,41,46H,1,23-24,27-30H2,2-5H3/p+1/b8-7+,31-19+,39-22?. The fourth-order valence-electron chi connectivity index (χ4n) is 4.26. The van der Waals surface area contributed by atoms with Crippen LogP contribution >= 0.6 is 21.6 Å². The summed E-state index contributed by atoms with van der Waals surface area (Å²) >= 11 is 0. The smallest absolute Gasteiger partial charge is 0.241 e. The number of nitrogens with one attached hydrogen (secondary N) is 2. The molecule has 0 aliphatic rings. The van der Waals surface area contributed by atoms with Gasteiger partial charge in [0.1, 0.15) is 6.54 Å². The van der Waals surface area contributed by atoms with Gasteiger partial charge >= 0.3 is 0 Å². The van der Waals surface area contributed by atoms with Crippen LogP contribution in [0.4, 0.5) is 11.4 Å². The molecule has 1 heterocycles. The van der Waals surface area contributed by atoms with Gasteiger partial charge in [-0.1, -0.05) is 82.8 Å². The fourth-order valence-corrected chi connectivity index (χ4v) is 6.09. The number of hydrogen-bond donors (Lipinski definition) is 3. The fraction of sp³-hybridized carbons (Fsp3) is 0.289. The highest BCUT2D eigenvalue weighted by Gasteiger charge is 2.09. The number of benzene rings is 2. The zero-order chi connectivity index (χ0) is 34.6. The molecule has 0 spiro atoms. The first-order valence-electron chi connectivity index (χ1n) is 15.9. The third-order valence-electron chi connectivity index (χ3n) is 7.06. The van der Waals surface area contributed by atoms with Gasteiger partial charge in [0.25, 0.3) is 0 Å². The van der Waals surface area contributed by atoms with E-state index in [1.807, 2.05) is 75.5 Å². The number of rotatable bonds is 20. The highest BCUT2D eigenvalue weighted by Crippen LogP contribution is 2.19. The lowest BCUT2D eigenvalue weighted by atomic mass is 10.1. The van der Waals surface area contributed by atoms with Crippen molar-refractivity contribution in [3.63, 3.8) is 0 Å². The zero-order valence-electron chi connectivity index (χ0n) is 28.5. The predicted molar refractivity (Wildman–Crippen MR) is 210 cm³/mol. The van der Waals surface area contributed by atoms with Gasteiger partial charge in [-0.25, -0.2) is 4.57 Å². The Hall–Kier alpha value is -4.09. The molecule has 3 N–H and O–H groups in total. The maximum Gasteiger partial charge on any atom is 0.241 e. The number of pyridine rings is 1. The van der Waals surface area contributed by atoms with E-state index in [1.54, 1.807) is 33.9 Å². The molecule has 3 aromatic rings. The Balaban J connectivity index is 1.22. The molecule has 254 valence electrons. The molecule has 0 radical (unpaired) electrons. The predicted octanol–water partition coefficient (Wildman–Crippen LogP) is 5.58. The summed E-state index contributed by atoms with van der Waals surface area (Å²) in [7, 11) is 11.5. The number of nitrogens with zero attached hydrogens (tertiary/aromatic N) is 4. The Morgan fingerprint density at radius 3 is 1.96 bits per heavy atom. The molecule has 0 fully saturated rings. The van der Waals surface area contributed by atoms with Crippen LogP contribution in [0.5, 0.6) is 0 Å². The molecule has 1 amide bonds. The first-order valence-corrected chi connectivity index (χ1v) is 18.4. The van der Waals surface area contributed by atoms with Crippen molar-refractivity contribution >= 4 is 63.3 Å². The third-order valence-corrected chi connectivity index (χ3v) is 9.46. The average Bonchev–Trinajstić information content (AvgIpc) is 3.09. The van der Waals surface area contributed by atoms with Crippen LogP contribution in [-0.2, 0) is 11.3 Å². The summed E-state index contributed by atoms with van der Waals surface area (Å²) in [6.07, 6.45) is 16.7. The molecule has 0 saturated heterocycles. The SMILES string of the molecule is C=CC(/C=C/c1ccc(N(C)C)cc1)=C\C=NCC(=O)NCCSSCCNC(O)C[n+]1ccc(/C=C/c2ccc(N(C)C)cc2)cc1. The molecule has 3 rings (SSSR count). The Morgan fingerprint density at radius 1 is 0.854 bits per heavy atom. The van der Waals surface area contributed by atoms with Crippen molar-refractivity contribution in [2.24, 2.45) is 4.99 Å². The number of aliphatic hydroxyl groups is 1. The molecular weight excluding hydrogens is 637 g/mol. The molecule has 0 aliphatic carbocycles. The van der Waals surface area contributed by atoms with Crippen LogP contribution in [0.25, 0.3) is 18.2 Å². The number of amides is 1. The van der Waals surface area contributed by atoms with Crippen LogP contribution < -0.4 is 25.0 Å². The molecule has 0 bridgehead atoms. The van der Waals surface area contributed by atoms with Crippen LogP contribution in [0, 0.1) is 0 Å². The molecule has 0 saturated carbocycles. The van der Waals surface area contributed by atoms with E-state index in [9.17, 15) is 9.90 Å². The van der Waals surface area contributed by atoms with Gasteiger partial charge in [-0.2, -0.15) is 0 Å². The van der Waals surface area contributed by atoms with Gasteiger partial charge in [0.2, 0.25) is 5.91 Å². The average molecular weight is 686 g/mol. The number of aliphatic hydroxyl groups excluding tert-OH is 1. The second-order valence-electron chi connectivity index (χ2n) is 11.3. The van der Waals surface area contributed by atoms with Crippen LogP contribution in [0.15, 0.2) is 108 Å². The van der Waals surface area contributed by atoms with Gasteiger partial charge < -0.3 is 20.2 Å². The number of anilines is 2. The zero-order valence-corrected chi connectivity index (χ0v) is 30.1. The van der Waals surface area contributed by atoms with Crippen LogP contribution in [0.1, 0.15) is 16.7 Å². The van der Waals surface area contributed by atoms with Crippen LogP contribution in [0.2, 0.25) is 0 Å². The molecule has 2 aromatic carbocycles. The monoisotopic (exact) mass is 685 g/mol. The minimum Gasteiger partial charge on any atom is -0.378 e. The van der Waals surface area contributed by atoms with E-state index in [-0.39, 0.29) is 12.5 Å². The molecule has 1 atom stereocenters. The third kappa shape index (κ3) is 15.2. The van der Waals surface area contributed by atoms with E-state index in [0.717, 1.165) is 39.5 Å². The summed E-state index contributed by atoms with van der Waals surface area (Å²) in [6, 6.07) is 20.8. The van der Waals surface area contributed by atoms with Crippen molar-refractivity contribution in [2.45, 2.75) is 12.8 Å². The van der Waals surface area contributed by atoms with Crippen molar-refractivity contribution in [3.8, 4) is 0 Å². The van der Waals surface area contributed by atoms with E-state index in [4.69, 9.17) is 0 Å². The number of carbonyl (C=O) groups is 1. The molecule has 1 aromatic heterocycles. The van der Waals surface area contributed by atoms with Crippen molar-refractivity contribution in [1.29, 1.82) is 0 Å². The Morgan fingerprint density at radius 2 is 1.40 bits per heavy atom. The first kappa shape index (κ1) is 38.4. The maximum atomic E-state index is 12.1. The molecule has 10 heteroatoms. The second-order valence-corrected chi connectivity index (χ2v) is 14.0. The number of hydrogen-bond acceptors (Lipinski definition) is 8. The molecule has 48 heavy (non-hydrogen) atoms. The topological polar surface area (TPSA) is 84.1 Å². The van der Waals surface area contributed by atoms with Crippen molar-refractivity contribution in [3.05, 3.63) is 120 Å². The summed E-state index contributed by atoms with van der Waals surface area (Å²) in [6.45, 7) is 5.67. The number of carbonyl (C=O) groups excluding carboxylic acids is 1. The van der Waals surface area contributed by atoms with Crippen molar-refractivity contribution in [2.75, 3.05) is 69.1 Å². The maximum absolute atomic E-state index is 12.1. The van der Waals surface area contributed by atoms with E-state index in [2.05, 4.69) is 92.7 Å². The second kappa shape index (κ2) is 21.7. The highest BCUT2D eigenvalue weighted by molar-refractivity contribution is 8.76. The minimum atomic E-state index is -0.633. The largest absolute Gasteiger partial charge is 0.378 e. The number of allylic oxidation sites excluding steroid dienone is 4. The van der Waals surface area contributed by atoms with Gasteiger partial charge in [-0.3, -0.25) is 15.1 Å². The van der Waals surface area contributed by atoms with Gasteiger partial charge in [-0.05, 0) is 52.6 Å². The van der Waals surface area contributed by atoms with E-state index >= 15 is 0 Å². The summed E-state index contributed by atoms with van der Waals surface area (Å²) in [5.74, 6) is 1.53. The summed E-state index contributed by atoms with van der Waals surface area (Å²) < 4.78 is 1.97. The van der Waals surface area contributed by atoms with Crippen LogP contribution in [0.3, 0.4) is 0 Å². The summed E-state index contributed by atoms with van der Waals surface area (Å²) in [5.41, 5.74) is 6.58. The van der Waals surface area contributed by atoms with Gasteiger partial charge in [0, 0.05) is 82.5 Å². The summed E-state index contributed by atoms with van der Waals surface area (Å²) in [4.78, 5) is 20.5. The van der Waals surface area contributed by atoms with E-state index in [0.29, 0.717) is 19.6 Å². The summed E-state index contributed by atoms with van der Waals surface area (Å²) in [5, 5.41) is 16.4. The van der Waals surface area contributed by atoms with Gasteiger partial charge in [-0.15, -0.1) is 0 Å². The number of aliphatic imine (C=N–C) groups is 1. The van der Waals surface area contributed by atoms with Gasteiger partial charge in [0.05, 0.1) is 0 Å². The lowest BCUT2D eigenvalue weighted by Crippen LogP contribution is -2.45.